The number of fused-ring (bicyclic) bond motifs is 1. The Kier molecular flexibility index (Phi) is 8.44. The van der Waals surface area contributed by atoms with E-state index in [1.165, 1.54) is 11.8 Å². The molecule has 0 aromatic rings. The van der Waals surface area contributed by atoms with Crippen molar-refractivity contribution in [1.82, 2.24) is 15.5 Å². The van der Waals surface area contributed by atoms with Crippen LogP contribution >= 0.6 is 23.5 Å². The summed E-state index contributed by atoms with van der Waals surface area (Å²) in [6, 6.07) is -1.71. The average Bonchev–Trinajstić information content (AvgIpc) is 2.79. The molecule has 0 spiro atoms. The molecule has 1 aliphatic carbocycles. The number of aliphatic carboxylic acids is 1. The van der Waals surface area contributed by atoms with E-state index in [0.717, 1.165) is 41.5 Å². The summed E-state index contributed by atoms with van der Waals surface area (Å²) in [6.07, 6.45) is 10.1. The summed E-state index contributed by atoms with van der Waals surface area (Å²) in [4.78, 5) is 50.5. The van der Waals surface area contributed by atoms with Gasteiger partial charge in [0.15, 0.2) is 5.70 Å². The Morgan fingerprint density at radius 2 is 2.12 bits per heavy atom. The van der Waals surface area contributed by atoms with Crippen LogP contribution in [0.15, 0.2) is 35.2 Å². The minimum Gasteiger partial charge on any atom is -0.477 e. The molecule has 11 heteroatoms. The van der Waals surface area contributed by atoms with Crippen LogP contribution in [0, 0.1) is 0 Å². The Balaban J connectivity index is 1.63. The van der Waals surface area contributed by atoms with Gasteiger partial charge in [0.1, 0.15) is 17.5 Å². The Morgan fingerprint density at radius 3 is 2.78 bits per heavy atom. The molecule has 2 unspecified atom stereocenters. The van der Waals surface area contributed by atoms with Crippen molar-refractivity contribution in [2.24, 2.45) is 5.73 Å². The Morgan fingerprint density at radius 1 is 1.34 bits per heavy atom. The number of β-lactam (4-membered cyclic amide) rings is 1. The monoisotopic (exact) mass is 480 g/mol. The number of carboxylic acid groups (broad SMARTS) is 1. The van der Waals surface area contributed by atoms with Gasteiger partial charge in [-0.25, -0.2) is 4.79 Å². The van der Waals surface area contributed by atoms with E-state index >= 15 is 0 Å². The normalized spacial score (nSPS) is 23.1. The first-order chi connectivity index (χ1) is 15.3. The van der Waals surface area contributed by atoms with Gasteiger partial charge >= 0.3 is 5.97 Å². The molecule has 2 heterocycles. The van der Waals surface area contributed by atoms with Crippen molar-refractivity contribution in [3.05, 3.63) is 35.2 Å². The summed E-state index contributed by atoms with van der Waals surface area (Å²) < 4.78 is 0. The van der Waals surface area contributed by atoms with Crippen LogP contribution in [-0.4, -0.2) is 62.0 Å². The lowest BCUT2D eigenvalue weighted by Crippen LogP contribution is -2.71. The van der Waals surface area contributed by atoms with Crippen LogP contribution < -0.4 is 16.4 Å². The number of nitrogens with zero attached hydrogens (tertiary/aromatic N) is 1. The number of carboxylic acids is 1. The number of hydrogen-bond donors (Lipinski definition) is 4. The molecule has 0 bridgehead atoms. The van der Waals surface area contributed by atoms with Gasteiger partial charge in [-0.15, -0.1) is 11.8 Å². The molecule has 174 valence electrons. The van der Waals surface area contributed by atoms with E-state index in [4.69, 9.17) is 5.73 Å². The zero-order chi connectivity index (χ0) is 23.3. The molecular formula is C21H28N4O5S2. The summed E-state index contributed by atoms with van der Waals surface area (Å²) in [6.45, 7) is 2.07. The van der Waals surface area contributed by atoms with Crippen molar-refractivity contribution in [3.63, 3.8) is 0 Å². The molecule has 2 aliphatic heterocycles. The predicted molar refractivity (Wildman–Crippen MR) is 125 cm³/mol. The topological polar surface area (TPSA) is 142 Å². The number of unbranched alkanes of at least 4 members (excludes halogenated alkanes) is 2. The number of hydrogen-bond acceptors (Lipinski definition) is 7. The van der Waals surface area contributed by atoms with Gasteiger partial charge in [-0.1, -0.05) is 49.8 Å². The van der Waals surface area contributed by atoms with E-state index in [9.17, 15) is 24.3 Å². The predicted octanol–water partition coefficient (Wildman–Crippen LogP) is 1.92. The van der Waals surface area contributed by atoms with Crippen LogP contribution in [-0.2, 0) is 14.4 Å². The molecule has 0 aromatic carbocycles. The van der Waals surface area contributed by atoms with Gasteiger partial charge in [0.25, 0.3) is 11.1 Å². The average molecular weight is 481 g/mol. The second kappa shape index (κ2) is 11.1. The Labute approximate surface area is 195 Å². The van der Waals surface area contributed by atoms with Crippen LogP contribution in [0.5, 0.6) is 0 Å². The lowest BCUT2D eigenvalue weighted by molar-refractivity contribution is -0.150. The molecule has 1 saturated heterocycles. The van der Waals surface area contributed by atoms with Gasteiger partial charge in [0.05, 0.1) is 5.70 Å². The van der Waals surface area contributed by atoms with E-state index < -0.39 is 35.2 Å². The van der Waals surface area contributed by atoms with Gasteiger partial charge in [-0.05, 0) is 24.8 Å². The quantitative estimate of drug-likeness (QED) is 0.223. The van der Waals surface area contributed by atoms with Gasteiger partial charge in [-0.3, -0.25) is 19.3 Å². The molecule has 3 aliphatic rings. The molecule has 3 atom stereocenters. The second-order valence-electron chi connectivity index (χ2n) is 7.66. The third-order valence-electron chi connectivity index (χ3n) is 5.42. The smallest absolute Gasteiger partial charge is 0.354 e. The van der Waals surface area contributed by atoms with E-state index in [2.05, 4.69) is 17.6 Å². The molecule has 32 heavy (non-hydrogen) atoms. The lowest BCUT2D eigenvalue weighted by Gasteiger charge is -2.49. The highest BCUT2D eigenvalue weighted by Gasteiger charge is 2.54. The van der Waals surface area contributed by atoms with E-state index in [1.807, 2.05) is 18.2 Å². The number of rotatable bonds is 9. The highest BCUT2D eigenvalue weighted by atomic mass is 32.2. The molecule has 0 aromatic heterocycles. The summed E-state index contributed by atoms with van der Waals surface area (Å²) in [5, 5.41) is 14.1. The van der Waals surface area contributed by atoms with Gasteiger partial charge in [0, 0.05) is 11.5 Å². The molecule has 3 amide bonds. The minimum atomic E-state index is -1.30. The number of carbonyl (C=O) groups excluding carboxylic acids is 3. The zero-order valence-electron chi connectivity index (χ0n) is 17.8. The van der Waals surface area contributed by atoms with E-state index in [0.29, 0.717) is 18.6 Å². The highest BCUT2D eigenvalue weighted by molar-refractivity contribution is 8.13. The third-order valence-corrected chi connectivity index (χ3v) is 7.56. The standard InChI is InChI=1S/C21H28N4O5S2/c1-2-3-7-10-31-21(30)23-13-11-32-19-15(18(27)25(19)16(13)20(28)29)24-17(26)14(22)12-8-5-4-6-9-12/h4-5,9,14-15,19H,2-3,6-8,10-11,22H2,1H3,(H,23,30)(H,24,26)(H,28,29)/t14?,15?,19-/m0/s1. The molecule has 3 rings (SSSR count). The second-order valence-corrected chi connectivity index (χ2v) is 9.84. The Bertz CT molecular complexity index is 885. The lowest BCUT2D eigenvalue weighted by atomic mass is 9.97. The molecule has 9 nitrogen and oxygen atoms in total. The number of carbonyl (C=O) groups is 4. The Hall–Kier alpha value is -2.24. The highest BCUT2D eigenvalue weighted by Crippen LogP contribution is 2.40. The largest absolute Gasteiger partial charge is 0.477 e. The summed E-state index contributed by atoms with van der Waals surface area (Å²) in [5.41, 5.74) is 6.79. The van der Waals surface area contributed by atoms with Gasteiger partial charge < -0.3 is 21.5 Å². The van der Waals surface area contributed by atoms with Crippen molar-refractivity contribution in [3.8, 4) is 0 Å². The fraction of sp³-hybridized carbons (Fsp3) is 0.524. The maximum atomic E-state index is 12.7. The first-order valence-corrected chi connectivity index (χ1v) is 12.6. The number of nitrogens with one attached hydrogen (secondary N) is 2. The SMILES string of the molecule is CCCCCSC(=O)NC1=C(C(=O)O)N2C(=O)C(NC(=O)C(N)C3=CCC=CC3)[C@@H]2SC1. The van der Waals surface area contributed by atoms with Gasteiger partial charge in [0.2, 0.25) is 5.91 Å². The maximum absolute atomic E-state index is 12.7. The molecule has 0 radical (unpaired) electrons. The molecule has 1 fully saturated rings. The summed E-state index contributed by atoms with van der Waals surface area (Å²) in [5.74, 6) is -1.43. The fourth-order valence-electron chi connectivity index (χ4n) is 3.68. The number of nitrogens with two attached hydrogens (primary N) is 1. The van der Waals surface area contributed by atoms with Crippen molar-refractivity contribution in [1.29, 1.82) is 0 Å². The minimum absolute atomic E-state index is 0.195. The van der Waals surface area contributed by atoms with Crippen LogP contribution in [0.1, 0.15) is 39.0 Å². The van der Waals surface area contributed by atoms with E-state index in [-0.39, 0.29) is 22.4 Å². The fourth-order valence-corrected chi connectivity index (χ4v) is 5.69. The van der Waals surface area contributed by atoms with Crippen molar-refractivity contribution >= 4 is 46.5 Å². The first kappa shape index (κ1) is 24.4. The number of allylic oxidation sites excluding steroid dienone is 3. The molecule has 0 saturated carbocycles. The van der Waals surface area contributed by atoms with E-state index in [1.54, 1.807) is 0 Å². The van der Waals surface area contributed by atoms with Crippen LogP contribution in [0.2, 0.25) is 0 Å². The first-order valence-electron chi connectivity index (χ1n) is 10.6. The summed E-state index contributed by atoms with van der Waals surface area (Å²) >= 11 is 2.40. The van der Waals surface area contributed by atoms with Crippen molar-refractivity contribution in [2.75, 3.05) is 11.5 Å². The third kappa shape index (κ3) is 5.38. The molecular weight excluding hydrogens is 452 g/mol. The van der Waals surface area contributed by atoms with Crippen molar-refractivity contribution < 1.29 is 24.3 Å². The number of amides is 3. The van der Waals surface area contributed by atoms with Crippen LogP contribution in [0.4, 0.5) is 4.79 Å². The van der Waals surface area contributed by atoms with Crippen LogP contribution in [0.3, 0.4) is 0 Å². The maximum Gasteiger partial charge on any atom is 0.354 e. The number of thioether (sulfide) groups is 2. The molecule has 5 N–H and O–H groups in total. The zero-order valence-corrected chi connectivity index (χ0v) is 19.5. The van der Waals surface area contributed by atoms with Gasteiger partial charge in [-0.2, -0.15) is 0 Å². The summed E-state index contributed by atoms with van der Waals surface area (Å²) in [7, 11) is 0. The van der Waals surface area contributed by atoms with Crippen LogP contribution in [0.25, 0.3) is 0 Å². The van der Waals surface area contributed by atoms with Crippen molar-refractivity contribution in [2.45, 2.75) is 56.5 Å².